The molecule has 0 aromatic carbocycles. The van der Waals surface area contributed by atoms with E-state index in [1.165, 1.54) is 6.20 Å². The van der Waals surface area contributed by atoms with Gasteiger partial charge in [-0.3, -0.25) is 0 Å². The van der Waals surface area contributed by atoms with Crippen LogP contribution in [0, 0.1) is 10.1 Å². The Kier molecular flexibility index (Phi) is 3.05. The Morgan fingerprint density at radius 1 is 1.65 bits per heavy atom. The number of anilines is 1. The summed E-state index contributed by atoms with van der Waals surface area (Å²) in [7, 11) is 1.68. The molecule has 0 radical (unpaired) electrons. The molecule has 0 bridgehead atoms. The fraction of sp³-hybridized carbons (Fsp3) is 0.500. The molecule has 0 amide bonds. The molecule has 7 heteroatoms. The highest BCUT2D eigenvalue weighted by Gasteiger charge is 2.39. The van der Waals surface area contributed by atoms with Gasteiger partial charge in [-0.05, 0) is 38.8 Å². The highest BCUT2D eigenvalue weighted by atomic mass is 79.9. The molecule has 0 N–H and O–H groups in total. The third-order valence-electron chi connectivity index (χ3n) is 2.89. The lowest BCUT2D eigenvalue weighted by Gasteiger charge is -2.47. The van der Waals surface area contributed by atoms with E-state index in [0.717, 1.165) is 18.8 Å². The van der Waals surface area contributed by atoms with Crippen LogP contribution in [0.4, 0.5) is 11.5 Å². The number of methoxy groups -OCH3 is 1. The third-order valence-corrected chi connectivity index (χ3v) is 3.47. The summed E-state index contributed by atoms with van der Waals surface area (Å²) in [6.07, 6.45) is 1.51. The maximum absolute atomic E-state index is 10.6. The van der Waals surface area contributed by atoms with Crippen molar-refractivity contribution in [1.29, 1.82) is 0 Å². The second-order valence-corrected chi connectivity index (χ2v) is 5.12. The van der Waals surface area contributed by atoms with Crippen molar-refractivity contribution in [2.24, 2.45) is 0 Å². The van der Waals surface area contributed by atoms with Crippen LogP contribution < -0.4 is 4.90 Å². The van der Waals surface area contributed by atoms with Crippen molar-refractivity contribution >= 4 is 27.4 Å². The Hall–Kier alpha value is -1.21. The van der Waals surface area contributed by atoms with E-state index in [9.17, 15) is 10.1 Å². The summed E-state index contributed by atoms with van der Waals surface area (Å²) < 4.78 is 5.73. The van der Waals surface area contributed by atoms with Gasteiger partial charge in [-0.25, -0.2) is 0 Å². The van der Waals surface area contributed by atoms with Gasteiger partial charge in [0.2, 0.25) is 0 Å². The molecule has 1 aromatic heterocycles. The molecular weight excluding hydrogens is 290 g/mol. The smallest absolute Gasteiger partial charge is 0.375 e. The summed E-state index contributed by atoms with van der Waals surface area (Å²) in [5.41, 5.74) is 0.728. The lowest BCUT2D eigenvalue weighted by molar-refractivity contribution is -0.390. The van der Waals surface area contributed by atoms with Gasteiger partial charge >= 0.3 is 5.82 Å². The summed E-state index contributed by atoms with van der Waals surface area (Å²) in [5.74, 6) is -0.163. The SMILES string of the molecule is COC1(C)CN(c2cnc([N+](=O)[O-])c(Br)c2)C1. The predicted molar refractivity (Wildman–Crippen MR) is 66.2 cm³/mol. The second kappa shape index (κ2) is 4.23. The first-order valence-corrected chi connectivity index (χ1v) is 5.84. The lowest BCUT2D eigenvalue weighted by atomic mass is 9.96. The Morgan fingerprint density at radius 3 is 2.76 bits per heavy atom. The summed E-state index contributed by atoms with van der Waals surface area (Å²) in [5, 5.41) is 10.6. The van der Waals surface area contributed by atoms with E-state index in [2.05, 4.69) is 25.8 Å². The molecule has 92 valence electrons. The number of aromatic nitrogens is 1. The van der Waals surface area contributed by atoms with Gasteiger partial charge < -0.3 is 19.8 Å². The zero-order valence-corrected chi connectivity index (χ0v) is 11.1. The Bertz CT molecular complexity index is 460. The van der Waals surface area contributed by atoms with Gasteiger partial charge in [0, 0.05) is 20.2 Å². The van der Waals surface area contributed by atoms with Gasteiger partial charge in [0.05, 0.1) is 11.3 Å². The molecule has 0 aliphatic carbocycles. The van der Waals surface area contributed by atoms with Crippen molar-refractivity contribution in [2.45, 2.75) is 12.5 Å². The largest absolute Gasteiger partial charge is 0.377 e. The summed E-state index contributed by atoms with van der Waals surface area (Å²) >= 11 is 3.15. The normalized spacial score (nSPS) is 17.7. The number of nitro groups is 1. The quantitative estimate of drug-likeness (QED) is 0.631. The molecule has 17 heavy (non-hydrogen) atoms. The van der Waals surface area contributed by atoms with Crippen LogP contribution in [0.3, 0.4) is 0 Å². The molecule has 1 saturated heterocycles. The standard InChI is InChI=1S/C10H12BrN3O3/c1-10(17-2)5-13(6-10)7-3-8(11)9(12-4-7)14(15)16/h3-4H,5-6H2,1-2H3. The first kappa shape index (κ1) is 12.3. The Balaban J connectivity index is 2.15. The summed E-state index contributed by atoms with van der Waals surface area (Å²) in [6, 6.07) is 1.71. The minimum atomic E-state index is -0.511. The summed E-state index contributed by atoms with van der Waals surface area (Å²) in [4.78, 5) is 16.0. The first-order valence-electron chi connectivity index (χ1n) is 5.05. The van der Waals surface area contributed by atoms with Crippen molar-refractivity contribution in [3.05, 3.63) is 26.9 Å². The van der Waals surface area contributed by atoms with Crippen LogP contribution in [-0.4, -0.2) is 35.7 Å². The molecule has 0 spiro atoms. The van der Waals surface area contributed by atoms with E-state index in [1.807, 2.05) is 6.92 Å². The highest BCUT2D eigenvalue weighted by molar-refractivity contribution is 9.10. The number of ether oxygens (including phenoxy) is 1. The molecule has 1 aliphatic rings. The van der Waals surface area contributed by atoms with Crippen LogP contribution >= 0.6 is 15.9 Å². The molecule has 0 atom stereocenters. The molecule has 1 fully saturated rings. The number of hydrogen-bond donors (Lipinski definition) is 0. The van der Waals surface area contributed by atoms with Crippen LogP contribution in [-0.2, 0) is 4.74 Å². The van der Waals surface area contributed by atoms with Crippen LogP contribution in [0.25, 0.3) is 0 Å². The van der Waals surface area contributed by atoms with Gasteiger partial charge in [-0.2, -0.15) is 0 Å². The van der Waals surface area contributed by atoms with Crippen LogP contribution in [0.1, 0.15) is 6.92 Å². The minimum absolute atomic E-state index is 0.131. The van der Waals surface area contributed by atoms with Crippen molar-refractivity contribution in [3.63, 3.8) is 0 Å². The fourth-order valence-electron chi connectivity index (χ4n) is 1.80. The van der Waals surface area contributed by atoms with Gasteiger partial charge in [0.1, 0.15) is 4.47 Å². The monoisotopic (exact) mass is 301 g/mol. The molecule has 0 saturated carbocycles. The van der Waals surface area contributed by atoms with E-state index >= 15 is 0 Å². The van der Waals surface area contributed by atoms with Crippen molar-refractivity contribution < 1.29 is 9.66 Å². The van der Waals surface area contributed by atoms with Crippen LogP contribution in [0.5, 0.6) is 0 Å². The highest BCUT2D eigenvalue weighted by Crippen LogP contribution is 2.33. The molecule has 6 nitrogen and oxygen atoms in total. The average Bonchev–Trinajstić information content (AvgIpc) is 2.24. The molecule has 2 rings (SSSR count). The third kappa shape index (κ3) is 2.25. The molecule has 2 heterocycles. The van der Waals surface area contributed by atoms with Gasteiger partial charge in [0.15, 0.2) is 6.20 Å². The van der Waals surface area contributed by atoms with Gasteiger partial charge in [0.25, 0.3) is 0 Å². The van der Waals surface area contributed by atoms with E-state index in [0.29, 0.717) is 4.47 Å². The van der Waals surface area contributed by atoms with Crippen molar-refractivity contribution in [3.8, 4) is 0 Å². The maximum Gasteiger partial charge on any atom is 0.377 e. The van der Waals surface area contributed by atoms with E-state index in [-0.39, 0.29) is 11.4 Å². The topological polar surface area (TPSA) is 68.5 Å². The zero-order chi connectivity index (χ0) is 12.6. The number of rotatable bonds is 3. The molecule has 0 unspecified atom stereocenters. The first-order chi connectivity index (χ1) is 7.95. The maximum atomic E-state index is 10.6. The second-order valence-electron chi connectivity index (χ2n) is 4.27. The molecule has 1 aliphatic heterocycles. The summed E-state index contributed by atoms with van der Waals surface area (Å²) in [6.45, 7) is 3.54. The van der Waals surface area contributed by atoms with Gasteiger partial charge in [-0.15, -0.1) is 0 Å². The Morgan fingerprint density at radius 2 is 2.29 bits per heavy atom. The Labute approximate surface area is 107 Å². The van der Waals surface area contributed by atoms with E-state index in [4.69, 9.17) is 4.74 Å². The predicted octanol–water partition coefficient (Wildman–Crippen LogP) is 1.98. The van der Waals surface area contributed by atoms with Crippen LogP contribution in [0.2, 0.25) is 0 Å². The van der Waals surface area contributed by atoms with Gasteiger partial charge in [-0.1, -0.05) is 0 Å². The van der Waals surface area contributed by atoms with E-state index in [1.54, 1.807) is 13.2 Å². The number of halogens is 1. The molecule has 1 aromatic rings. The fourth-order valence-corrected chi connectivity index (χ4v) is 2.28. The molecular formula is C10H12BrN3O3. The van der Waals surface area contributed by atoms with Crippen molar-refractivity contribution in [1.82, 2.24) is 4.98 Å². The lowest BCUT2D eigenvalue weighted by Crippen LogP contribution is -2.61. The zero-order valence-electron chi connectivity index (χ0n) is 9.51. The average molecular weight is 302 g/mol. The van der Waals surface area contributed by atoms with E-state index < -0.39 is 4.92 Å². The number of pyridine rings is 1. The number of hydrogen-bond acceptors (Lipinski definition) is 5. The van der Waals surface area contributed by atoms with Crippen LogP contribution in [0.15, 0.2) is 16.7 Å². The van der Waals surface area contributed by atoms with Crippen molar-refractivity contribution in [2.75, 3.05) is 25.1 Å². The minimum Gasteiger partial charge on any atom is -0.375 e. The number of nitrogens with zero attached hydrogens (tertiary/aromatic N) is 3.